The minimum atomic E-state index is -0.756. The van der Waals surface area contributed by atoms with Gasteiger partial charge in [0, 0.05) is 5.92 Å². The second-order valence-corrected chi connectivity index (χ2v) is 6.27. The van der Waals surface area contributed by atoms with Crippen molar-refractivity contribution in [1.29, 1.82) is 0 Å². The molecule has 0 saturated heterocycles. The van der Waals surface area contributed by atoms with Crippen LogP contribution in [0.1, 0.15) is 22.6 Å². The summed E-state index contributed by atoms with van der Waals surface area (Å²) in [6.07, 6.45) is 0. The SMILES string of the molecule is O=C(O)[C@H]1C(=C(c2ccccc2)c2ccccc2)[C@@H]1c1ccccc1. The van der Waals surface area contributed by atoms with E-state index in [-0.39, 0.29) is 5.92 Å². The Morgan fingerprint density at radius 1 is 0.680 bits per heavy atom. The molecule has 1 aliphatic carbocycles. The molecule has 0 unspecified atom stereocenters. The lowest BCUT2D eigenvalue weighted by Crippen LogP contribution is -1.99. The lowest BCUT2D eigenvalue weighted by Gasteiger charge is -2.09. The number of hydrogen-bond donors (Lipinski definition) is 1. The summed E-state index contributed by atoms with van der Waals surface area (Å²) in [7, 11) is 0. The van der Waals surface area contributed by atoms with Gasteiger partial charge in [-0.1, -0.05) is 91.0 Å². The van der Waals surface area contributed by atoms with Crippen LogP contribution in [0.5, 0.6) is 0 Å². The van der Waals surface area contributed by atoms with Crippen LogP contribution >= 0.6 is 0 Å². The highest BCUT2D eigenvalue weighted by molar-refractivity contribution is 5.94. The van der Waals surface area contributed by atoms with E-state index in [1.807, 2.05) is 66.7 Å². The van der Waals surface area contributed by atoms with Gasteiger partial charge in [0.15, 0.2) is 0 Å². The average Bonchev–Trinajstić information content (AvgIpc) is 3.40. The molecule has 1 aliphatic rings. The summed E-state index contributed by atoms with van der Waals surface area (Å²) < 4.78 is 0. The fourth-order valence-electron chi connectivity index (χ4n) is 3.59. The molecule has 0 amide bonds. The van der Waals surface area contributed by atoms with Gasteiger partial charge in [0.1, 0.15) is 0 Å². The van der Waals surface area contributed by atoms with Crippen molar-refractivity contribution in [2.75, 3.05) is 0 Å². The molecule has 0 bridgehead atoms. The standard InChI is InChI=1S/C23H18O2/c24-23(25)22-20(18-14-8-3-9-15-18)21(22)19(16-10-4-1-5-11-16)17-12-6-2-7-13-17/h1-15,20,22H,(H,24,25)/t20-,22+/m0/s1. The van der Waals surface area contributed by atoms with E-state index in [0.717, 1.165) is 27.8 Å². The van der Waals surface area contributed by atoms with Crippen LogP contribution in [0.25, 0.3) is 5.57 Å². The first-order valence-electron chi connectivity index (χ1n) is 8.40. The molecule has 0 spiro atoms. The Bertz CT molecular complexity index is 871. The van der Waals surface area contributed by atoms with Crippen molar-refractivity contribution in [3.05, 3.63) is 113 Å². The third-order valence-corrected chi connectivity index (χ3v) is 4.73. The van der Waals surface area contributed by atoms with Gasteiger partial charge in [0.05, 0.1) is 5.92 Å². The van der Waals surface area contributed by atoms with E-state index in [1.165, 1.54) is 0 Å². The highest BCUT2D eigenvalue weighted by Crippen LogP contribution is 2.58. The molecule has 3 aromatic carbocycles. The molecular formula is C23H18O2. The number of carboxylic acid groups (broad SMARTS) is 1. The lowest BCUT2D eigenvalue weighted by atomic mass is 9.95. The fourth-order valence-corrected chi connectivity index (χ4v) is 3.59. The first-order valence-corrected chi connectivity index (χ1v) is 8.40. The minimum Gasteiger partial charge on any atom is -0.481 e. The van der Waals surface area contributed by atoms with Crippen molar-refractivity contribution in [2.45, 2.75) is 5.92 Å². The molecule has 2 heteroatoms. The smallest absolute Gasteiger partial charge is 0.311 e. The zero-order chi connectivity index (χ0) is 17.2. The summed E-state index contributed by atoms with van der Waals surface area (Å²) in [5, 5.41) is 9.76. The van der Waals surface area contributed by atoms with E-state index >= 15 is 0 Å². The quantitative estimate of drug-likeness (QED) is 0.733. The lowest BCUT2D eigenvalue weighted by molar-refractivity contribution is -0.138. The maximum Gasteiger partial charge on any atom is 0.311 e. The Kier molecular flexibility index (Phi) is 3.95. The first-order chi connectivity index (χ1) is 12.3. The fraction of sp³-hybridized carbons (Fsp3) is 0.0870. The van der Waals surface area contributed by atoms with Crippen LogP contribution in [-0.4, -0.2) is 11.1 Å². The molecule has 1 saturated carbocycles. The predicted molar refractivity (Wildman–Crippen MR) is 99.2 cm³/mol. The van der Waals surface area contributed by atoms with Gasteiger partial charge < -0.3 is 5.11 Å². The van der Waals surface area contributed by atoms with Crippen LogP contribution in [-0.2, 0) is 4.79 Å². The molecule has 1 fully saturated rings. The van der Waals surface area contributed by atoms with Gasteiger partial charge in [-0.25, -0.2) is 0 Å². The molecule has 4 rings (SSSR count). The zero-order valence-corrected chi connectivity index (χ0v) is 13.7. The van der Waals surface area contributed by atoms with Crippen molar-refractivity contribution in [1.82, 2.24) is 0 Å². The van der Waals surface area contributed by atoms with Crippen LogP contribution in [0.4, 0.5) is 0 Å². The third-order valence-electron chi connectivity index (χ3n) is 4.73. The van der Waals surface area contributed by atoms with Crippen molar-refractivity contribution in [2.24, 2.45) is 5.92 Å². The van der Waals surface area contributed by atoms with Gasteiger partial charge in [-0.3, -0.25) is 4.79 Å². The molecular weight excluding hydrogens is 308 g/mol. The summed E-state index contributed by atoms with van der Waals surface area (Å²) >= 11 is 0. The van der Waals surface area contributed by atoms with Crippen LogP contribution in [0, 0.1) is 5.92 Å². The molecule has 2 nitrogen and oxygen atoms in total. The van der Waals surface area contributed by atoms with Gasteiger partial charge in [-0.15, -0.1) is 0 Å². The molecule has 25 heavy (non-hydrogen) atoms. The number of hydrogen-bond acceptors (Lipinski definition) is 1. The highest BCUT2D eigenvalue weighted by Gasteiger charge is 2.52. The maximum absolute atomic E-state index is 11.9. The highest BCUT2D eigenvalue weighted by atomic mass is 16.4. The molecule has 0 heterocycles. The van der Waals surface area contributed by atoms with Gasteiger partial charge in [0.2, 0.25) is 0 Å². The summed E-state index contributed by atoms with van der Waals surface area (Å²) in [5.41, 5.74) is 5.23. The second-order valence-electron chi connectivity index (χ2n) is 6.27. The molecule has 0 aliphatic heterocycles. The number of aliphatic carboxylic acids is 1. The van der Waals surface area contributed by atoms with Crippen molar-refractivity contribution in [3.8, 4) is 0 Å². The van der Waals surface area contributed by atoms with Crippen LogP contribution in [0.3, 0.4) is 0 Å². The van der Waals surface area contributed by atoms with Crippen molar-refractivity contribution in [3.63, 3.8) is 0 Å². The van der Waals surface area contributed by atoms with Crippen LogP contribution < -0.4 is 0 Å². The largest absolute Gasteiger partial charge is 0.481 e. The van der Waals surface area contributed by atoms with Crippen molar-refractivity contribution >= 4 is 11.5 Å². The molecule has 1 N–H and O–H groups in total. The molecule has 3 aromatic rings. The normalized spacial score (nSPS) is 18.6. The maximum atomic E-state index is 11.9. The predicted octanol–water partition coefficient (Wildman–Crippen LogP) is 4.99. The van der Waals surface area contributed by atoms with E-state index in [0.29, 0.717) is 0 Å². The van der Waals surface area contributed by atoms with E-state index in [2.05, 4.69) is 24.3 Å². The van der Waals surface area contributed by atoms with Crippen molar-refractivity contribution < 1.29 is 9.90 Å². The van der Waals surface area contributed by atoms with Crippen LogP contribution in [0.2, 0.25) is 0 Å². The van der Waals surface area contributed by atoms with Crippen LogP contribution in [0.15, 0.2) is 96.6 Å². The Labute approximate surface area is 147 Å². The van der Waals surface area contributed by atoms with E-state index < -0.39 is 11.9 Å². The number of carboxylic acids is 1. The first kappa shape index (κ1) is 15.4. The summed E-state index contributed by atoms with van der Waals surface area (Å²) in [6.45, 7) is 0. The van der Waals surface area contributed by atoms with E-state index in [4.69, 9.17) is 0 Å². The molecule has 0 radical (unpaired) electrons. The van der Waals surface area contributed by atoms with Gasteiger partial charge in [0.25, 0.3) is 0 Å². The summed E-state index contributed by atoms with van der Waals surface area (Å²) in [4.78, 5) is 11.9. The summed E-state index contributed by atoms with van der Waals surface area (Å²) in [5.74, 6) is -1.28. The average molecular weight is 326 g/mol. The third kappa shape index (κ3) is 2.87. The van der Waals surface area contributed by atoms with Gasteiger partial charge in [-0.05, 0) is 27.8 Å². The Morgan fingerprint density at radius 3 is 1.56 bits per heavy atom. The number of carbonyl (C=O) groups is 1. The Morgan fingerprint density at radius 2 is 1.12 bits per heavy atom. The molecule has 0 aromatic heterocycles. The zero-order valence-electron chi connectivity index (χ0n) is 13.7. The van der Waals surface area contributed by atoms with Gasteiger partial charge in [-0.2, -0.15) is 0 Å². The molecule has 122 valence electrons. The second kappa shape index (κ2) is 6.40. The minimum absolute atomic E-state index is 0.0610. The van der Waals surface area contributed by atoms with E-state index in [9.17, 15) is 9.90 Å². The number of benzene rings is 3. The summed E-state index contributed by atoms with van der Waals surface area (Å²) in [6, 6.07) is 30.1. The molecule has 2 atom stereocenters. The van der Waals surface area contributed by atoms with Gasteiger partial charge >= 0.3 is 5.97 Å². The Hall–Kier alpha value is -3.13. The topological polar surface area (TPSA) is 37.3 Å². The number of rotatable bonds is 4. The van der Waals surface area contributed by atoms with E-state index in [1.54, 1.807) is 0 Å². The monoisotopic (exact) mass is 326 g/mol. The Balaban J connectivity index is 1.92.